The summed E-state index contributed by atoms with van der Waals surface area (Å²) in [6.07, 6.45) is 0. The normalized spacial score (nSPS) is 12.1. The smallest absolute Gasteiger partial charge is 0.136 e. The average Bonchev–Trinajstić information content (AvgIpc) is 3.40. The van der Waals surface area contributed by atoms with Gasteiger partial charge in [0.05, 0.1) is 0 Å². The highest BCUT2D eigenvalue weighted by Crippen LogP contribution is 2.39. The van der Waals surface area contributed by atoms with Crippen LogP contribution < -0.4 is 0 Å². The zero-order chi connectivity index (χ0) is 23.1. The number of hydrogen-bond acceptors (Lipinski definition) is 2. The number of benzene rings is 6. The Labute approximate surface area is 201 Å². The highest BCUT2D eigenvalue weighted by Gasteiger charge is 2.15. The van der Waals surface area contributed by atoms with Crippen molar-refractivity contribution < 1.29 is 8.83 Å². The standard InChI is InChI=1S/C33H20O2/c1-19-7-8-22-13-26-28-17-33-29(18-32(28)34-30(26)15-24(22)11-19)27-14-23-10-9-21(20-5-3-2-4-6-20)12-25(23)16-31(27)35-33/h2-18H,1H3. The largest absolute Gasteiger partial charge is 0.456 e. The van der Waals surface area contributed by atoms with E-state index in [9.17, 15) is 0 Å². The van der Waals surface area contributed by atoms with E-state index in [0.29, 0.717) is 0 Å². The van der Waals surface area contributed by atoms with Gasteiger partial charge in [0.25, 0.3) is 0 Å². The first-order valence-corrected chi connectivity index (χ1v) is 11.9. The van der Waals surface area contributed by atoms with E-state index in [1.807, 2.05) is 6.07 Å². The van der Waals surface area contributed by atoms with E-state index >= 15 is 0 Å². The van der Waals surface area contributed by atoms with Gasteiger partial charge >= 0.3 is 0 Å². The number of hydrogen-bond donors (Lipinski definition) is 0. The molecule has 0 fully saturated rings. The maximum atomic E-state index is 6.39. The lowest BCUT2D eigenvalue weighted by molar-refractivity contribution is 0.664. The summed E-state index contributed by atoms with van der Waals surface area (Å²) in [4.78, 5) is 0. The highest BCUT2D eigenvalue weighted by molar-refractivity contribution is 6.18. The monoisotopic (exact) mass is 448 g/mol. The second-order valence-electron chi connectivity index (χ2n) is 9.52. The summed E-state index contributed by atoms with van der Waals surface area (Å²) >= 11 is 0. The van der Waals surface area contributed by atoms with Crippen LogP contribution in [0, 0.1) is 6.92 Å². The van der Waals surface area contributed by atoms with Gasteiger partial charge in [-0.2, -0.15) is 0 Å². The molecule has 0 saturated carbocycles. The van der Waals surface area contributed by atoms with Gasteiger partial charge in [-0.3, -0.25) is 0 Å². The molecule has 0 amide bonds. The summed E-state index contributed by atoms with van der Waals surface area (Å²) in [7, 11) is 0. The van der Waals surface area contributed by atoms with E-state index in [4.69, 9.17) is 8.83 Å². The first-order chi connectivity index (χ1) is 17.2. The Bertz CT molecular complexity index is 2110. The van der Waals surface area contributed by atoms with Gasteiger partial charge in [-0.1, -0.05) is 66.2 Å². The van der Waals surface area contributed by atoms with E-state index in [2.05, 4.69) is 104 Å². The summed E-state index contributed by atoms with van der Waals surface area (Å²) in [6, 6.07) is 36.7. The van der Waals surface area contributed by atoms with Crippen LogP contribution >= 0.6 is 0 Å². The molecule has 0 unspecified atom stereocenters. The van der Waals surface area contributed by atoms with E-state index in [1.54, 1.807) is 0 Å². The molecule has 0 aliphatic carbocycles. The Morgan fingerprint density at radius 1 is 0.400 bits per heavy atom. The Morgan fingerprint density at radius 3 is 1.60 bits per heavy atom. The molecule has 35 heavy (non-hydrogen) atoms. The van der Waals surface area contributed by atoms with E-state index in [0.717, 1.165) is 43.9 Å². The zero-order valence-electron chi connectivity index (χ0n) is 19.1. The van der Waals surface area contributed by atoms with E-state index in [1.165, 1.54) is 38.2 Å². The highest BCUT2D eigenvalue weighted by atomic mass is 16.3. The van der Waals surface area contributed by atoms with Gasteiger partial charge in [0, 0.05) is 21.5 Å². The zero-order valence-corrected chi connectivity index (χ0v) is 19.1. The van der Waals surface area contributed by atoms with Crippen molar-refractivity contribution in [1.29, 1.82) is 0 Å². The molecular weight excluding hydrogens is 428 g/mol. The summed E-state index contributed by atoms with van der Waals surface area (Å²) < 4.78 is 12.7. The first-order valence-electron chi connectivity index (χ1n) is 11.9. The van der Waals surface area contributed by atoms with Crippen molar-refractivity contribution in [2.24, 2.45) is 0 Å². The summed E-state index contributed by atoms with van der Waals surface area (Å²) in [6.45, 7) is 2.12. The van der Waals surface area contributed by atoms with Crippen LogP contribution in [-0.4, -0.2) is 0 Å². The minimum absolute atomic E-state index is 0.887. The molecule has 2 heterocycles. The van der Waals surface area contributed by atoms with Crippen molar-refractivity contribution >= 4 is 65.4 Å². The minimum Gasteiger partial charge on any atom is -0.456 e. The molecule has 0 aliphatic heterocycles. The average molecular weight is 449 g/mol. The van der Waals surface area contributed by atoms with Crippen molar-refractivity contribution in [3.8, 4) is 11.1 Å². The van der Waals surface area contributed by atoms with Crippen molar-refractivity contribution in [2.45, 2.75) is 6.92 Å². The predicted octanol–water partition coefficient (Wildman–Crippen LogP) is 9.77. The van der Waals surface area contributed by atoms with Gasteiger partial charge in [0.2, 0.25) is 0 Å². The number of furan rings is 2. The number of aryl methyl sites for hydroxylation is 1. The lowest BCUT2D eigenvalue weighted by atomic mass is 9.99. The van der Waals surface area contributed by atoms with Crippen LogP contribution in [-0.2, 0) is 0 Å². The Balaban J connectivity index is 1.36. The van der Waals surface area contributed by atoms with Crippen LogP contribution in [0.15, 0.2) is 112 Å². The molecule has 2 nitrogen and oxygen atoms in total. The Hall–Kier alpha value is -4.56. The molecule has 0 N–H and O–H groups in total. The van der Waals surface area contributed by atoms with Gasteiger partial charge in [-0.25, -0.2) is 0 Å². The topological polar surface area (TPSA) is 26.3 Å². The third kappa shape index (κ3) is 2.77. The maximum absolute atomic E-state index is 6.39. The number of rotatable bonds is 1. The second kappa shape index (κ2) is 6.74. The maximum Gasteiger partial charge on any atom is 0.136 e. The van der Waals surface area contributed by atoms with Gasteiger partial charge in [-0.15, -0.1) is 0 Å². The lowest BCUT2D eigenvalue weighted by Gasteiger charge is -2.04. The summed E-state index contributed by atoms with van der Waals surface area (Å²) in [5.74, 6) is 0. The van der Waals surface area contributed by atoms with Gasteiger partial charge in [0.15, 0.2) is 0 Å². The van der Waals surface area contributed by atoms with Crippen molar-refractivity contribution in [3.05, 3.63) is 109 Å². The van der Waals surface area contributed by atoms with Gasteiger partial charge in [0.1, 0.15) is 22.3 Å². The molecule has 0 spiro atoms. The molecule has 164 valence electrons. The van der Waals surface area contributed by atoms with Crippen LogP contribution in [0.1, 0.15) is 5.56 Å². The molecule has 6 aromatic carbocycles. The van der Waals surface area contributed by atoms with Crippen LogP contribution in [0.2, 0.25) is 0 Å². The third-order valence-electron chi connectivity index (χ3n) is 7.24. The fourth-order valence-electron chi connectivity index (χ4n) is 5.46. The fourth-order valence-corrected chi connectivity index (χ4v) is 5.46. The third-order valence-corrected chi connectivity index (χ3v) is 7.24. The first kappa shape index (κ1) is 18.8. The van der Waals surface area contributed by atoms with Crippen LogP contribution in [0.3, 0.4) is 0 Å². The fraction of sp³-hybridized carbons (Fsp3) is 0.0303. The van der Waals surface area contributed by atoms with Crippen molar-refractivity contribution in [2.75, 3.05) is 0 Å². The molecule has 0 bridgehead atoms. The Morgan fingerprint density at radius 2 is 0.943 bits per heavy atom. The summed E-state index contributed by atoms with van der Waals surface area (Å²) in [5, 5.41) is 9.20. The van der Waals surface area contributed by atoms with E-state index < -0.39 is 0 Å². The van der Waals surface area contributed by atoms with Gasteiger partial charge < -0.3 is 8.83 Å². The number of fused-ring (bicyclic) bond motifs is 8. The Kier molecular flexibility index (Phi) is 3.62. The summed E-state index contributed by atoms with van der Waals surface area (Å²) in [5.41, 5.74) is 7.26. The molecule has 0 aliphatic rings. The SMILES string of the molecule is Cc1ccc2cc3c(cc2c1)oc1cc2c(cc13)oc1cc3cc(-c4ccccc4)ccc3cc12. The second-order valence-corrected chi connectivity index (χ2v) is 9.52. The van der Waals surface area contributed by atoms with Crippen LogP contribution in [0.4, 0.5) is 0 Å². The molecular formula is C33H20O2. The molecule has 0 radical (unpaired) electrons. The van der Waals surface area contributed by atoms with Crippen LogP contribution in [0.25, 0.3) is 76.5 Å². The molecule has 0 atom stereocenters. The lowest BCUT2D eigenvalue weighted by Crippen LogP contribution is -1.79. The molecule has 2 heteroatoms. The molecule has 8 aromatic rings. The molecule has 2 aromatic heterocycles. The van der Waals surface area contributed by atoms with Crippen molar-refractivity contribution in [3.63, 3.8) is 0 Å². The molecule has 0 saturated heterocycles. The minimum atomic E-state index is 0.887. The van der Waals surface area contributed by atoms with E-state index in [-0.39, 0.29) is 0 Å². The predicted molar refractivity (Wildman–Crippen MR) is 146 cm³/mol. The molecule has 8 rings (SSSR count). The van der Waals surface area contributed by atoms with Crippen LogP contribution in [0.5, 0.6) is 0 Å². The van der Waals surface area contributed by atoms with Gasteiger partial charge in [-0.05, 0) is 82.1 Å². The van der Waals surface area contributed by atoms with Crippen molar-refractivity contribution in [1.82, 2.24) is 0 Å². The quantitative estimate of drug-likeness (QED) is 0.250.